The van der Waals surface area contributed by atoms with E-state index in [9.17, 15) is 9.18 Å². The van der Waals surface area contributed by atoms with Crippen molar-refractivity contribution < 1.29 is 9.18 Å². The molecule has 0 saturated carbocycles. The summed E-state index contributed by atoms with van der Waals surface area (Å²) in [7, 11) is 0. The van der Waals surface area contributed by atoms with Crippen molar-refractivity contribution in [2.24, 2.45) is 0 Å². The molecule has 0 aliphatic heterocycles. The van der Waals surface area contributed by atoms with Crippen molar-refractivity contribution >= 4 is 35.0 Å². The molecule has 0 bridgehead atoms. The van der Waals surface area contributed by atoms with E-state index < -0.39 is 5.82 Å². The Morgan fingerprint density at radius 1 is 1.16 bits per heavy atom. The molecule has 0 saturated heterocycles. The van der Waals surface area contributed by atoms with Crippen molar-refractivity contribution in [2.45, 2.75) is 16.8 Å². The summed E-state index contributed by atoms with van der Waals surface area (Å²) in [6.45, 7) is 1.80. The second kappa shape index (κ2) is 7.68. The number of amides is 1. The highest BCUT2D eigenvalue weighted by Crippen LogP contribution is 2.33. The third-order valence-corrected chi connectivity index (χ3v) is 5.04. The Morgan fingerprint density at radius 3 is 2.76 bits per heavy atom. The van der Waals surface area contributed by atoms with E-state index in [-0.39, 0.29) is 5.91 Å². The van der Waals surface area contributed by atoms with E-state index in [2.05, 4.69) is 10.3 Å². The van der Waals surface area contributed by atoms with Gasteiger partial charge in [-0.15, -0.1) is 0 Å². The van der Waals surface area contributed by atoms with Crippen LogP contribution in [0.25, 0.3) is 0 Å². The molecule has 3 nitrogen and oxygen atoms in total. The van der Waals surface area contributed by atoms with Crippen LogP contribution in [-0.4, -0.2) is 10.9 Å². The maximum absolute atomic E-state index is 13.4. The second-order valence-electron chi connectivity index (χ2n) is 5.30. The zero-order valence-corrected chi connectivity index (χ0v) is 14.9. The first-order valence-corrected chi connectivity index (χ1v) is 8.69. The lowest BCUT2D eigenvalue weighted by Gasteiger charge is -2.11. The van der Waals surface area contributed by atoms with Crippen LogP contribution < -0.4 is 5.32 Å². The third-order valence-electron chi connectivity index (χ3n) is 3.51. The van der Waals surface area contributed by atoms with Gasteiger partial charge in [-0.3, -0.25) is 4.79 Å². The zero-order chi connectivity index (χ0) is 17.8. The maximum atomic E-state index is 13.4. The van der Waals surface area contributed by atoms with Gasteiger partial charge in [0.15, 0.2) is 0 Å². The van der Waals surface area contributed by atoms with E-state index in [0.717, 1.165) is 10.5 Å². The summed E-state index contributed by atoms with van der Waals surface area (Å²) in [5, 5.41) is 3.86. The summed E-state index contributed by atoms with van der Waals surface area (Å²) in [5.41, 5.74) is 1.61. The predicted molar refractivity (Wildman–Crippen MR) is 98.9 cm³/mol. The summed E-state index contributed by atoms with van der Waals surface area (Å²) in [6.07, 6.45) is 1.61. The van der Waals surface area contributed by atoms with Gasteiger partial charge in [0.05, 0.1) is 10.6 Å². The van der Waals surface area contributed by atoms with Gasteiger partial charge in [0.25, 0.3) is 5.91 Å². The largest absolute Gasteiger partial charge is 0.322 e. The van der Waals surface area contributed by atoms with Crippen LogP contribution in [0, 0.1) is 12.7 Å². The molecule has 6 heteroatoms. The SMILES string of the molecule is Cc1ccc(F)cc1NC(=O)c1cccnc1Sc1ccccc1Cl. The van der Waals surface area contributed by atoms with Crippen molar-refractivity contribution in [1.82, 2.24) is 4.98 Å². The summed E-state index contributed by atoms with van der Waals surface area (Å²) in [5.74, 6) is -0.755. The highest BCUT2D eigenvalue weighted by atomic mass is 35.5. The predicted octanol–water partition coefficient (Wildman–Crippen LogP) is 5.59. The Morgan fingerprint density at radius 2 is 1.96 bits per heavy atom. The number of nitrogens with one attached hydrogen (secondary N) is 1. The summed E-state index contributed by atoms with van der Waals surface area (Å²) < 4.78 is 13.4. The van der Waals surface area contributed by atoms with Gasteiger partial charge < -0.3 is 5.32 Å². The molecule has 0 fully saturated rings. The number of nitrogens with zero attached hydrogens (tertiary/aromatic N) is 1. The number of rotatable bonds is 4. The van der Waals surface area contributed by atoms with Crippen molar-refractivity contribution in [2.75, 3.05) is 5.32 Å². The van der Waals surface area contributed by atoms with Crippen molar-refractivity contribution in [3.05, 3.63) is 82.8 Å². The molecular formula is C19H14ClFN2OS. The van der Waals surface area contributed by atoms with Crippen LogP contribution in [0.1, 0.15) is 15.9 Å². The van der Waals surface area contributed by atoms with Gasteiger partial charge in [0, 0.05) is 16.8 Å². The first kappa shape index (κ1) is 17.5. The molecule has 0 unspecified atom stereocenters. The van der Waals surface area contributed by atoms with E-state index in [1.54, 1.807) is 37.4 Å². The van der Waals surface area contributed by atoms with Gasteiger partial charge in [0.2, 0.25) is 0 Å². The summed E-state index contributed by atoms with van der Waals surface area (Å²) >= 11 is 7.49. The lowest BCUT2D eigenvalue weighted by molar-refractivity contribution is 0.102. The normalized spacial score (nSPS) is 10.5. The van der Waals surface area contributed by atoms with Crippen LogP contribution in [0.5, 0.6) is 0 Å². The molecule has 25 heavy (non-hydrogen) atoms. The number of hydrogen-bond acceptors (Lipinski definition) is 3. The van der Waals surface area contributed by atoms with Gasteiger partial charge >= 0.3 is 0 Å². The molecule has 2 aromatic carbocycles. The fraction of sp³-hybridized carbons (Fsp3) is 0.0526. The number of anilines is 1. The van der Waals surface area contributed by atoms with Gasteiger partial charge in [-0.2, -0.15) is 0 Å². The molecule has 0 atom stereocenters. The standard InChI is InChI=1S/C19H14ClFN2OS/c1-12-8-9-13(21)11-16(12)23-18(24)14-5-4-10-22-19(14)25-17-7-3-2-6-15(17)20/h2-11H,1H3,(H,23,24). The number of carbonyl (C=O) groups excluding carboxylic acids is 1. The number of hydrogen-bond donors (Lipinski definition) is 1. The van der Waals surface area contributed by atoms with Crippen LogP contribution in [0.15, 0.2) is 70.7 Å². The Kier molecular flexibility index (Phi) is 5.36. The van der Waals surface area contributed by atoms with Crippen molar-refractivity contribution in [3.63, 3.8) is 0 Å². The molecule has 126 valence electrons. The molecule has 0 aliphatic rings. The molecule has 1 aromatic heterocycles. The van der Waals surface area contributed by atoms with Gasteiger partial charge in [-0.25, -0.2) is 9.37 Å². The number of benzene rings is 2. The van der Waals surface area contributed by atoms with Crippen LogP contribution in [0.4, 0.5) is 10.1 Å². The lowest BCUT2D eigenvalue weighted by Crippen LogP contribution is -2.14. The summed E-state index contributed by atoms with van der Waals surface area (Å²) in [6, 6.07) is 15.0. The third kappa shape index (κ3) is 4.18. The van der Waals surface area contributed by atoms with E-state index >= 15 is 0 Å². The monoisotopic (exact) mass is 372 g/mol. The zero-order valence-electron chi connectivity index (χ0n) is 13.3. The summed E-state index contributed by atoms with van der Waals surface area (Å²) in [4.78, 5) is 17.7. The Balaban J connectivity index is 1.89. The van der Waals surface area contributed by atoms with Crippen LogP contribution in [-0.2, 0) is 0 Å². The Labute approximate surface area is 154 Å². The van der Waals surface area contributed by atoms with Crippen molar-refractivity contribution in [3.8, 4) is 0 Å². The molecule has 1 amide bonds. The molecule has 1 heterocycles. The molecule has 0 spiro atoms. The number of halogens is 2. The second-order valence-corrected chi connectivity index (χ2v) is 6.74. The molecular weight excluding hydrogens is 359 g/mol. The van der Waals surface area contributed by atoms with Gasteiger partial charge in [0.1, 0.15) is 10.8 Å². The number of carbonyl (C=O) groups is 1. The minimum absolute atomic E-state index is 0.351. The minimum atomic E-state index is -0.405. The number of pyridine rings is 1. The van der Waals surface area contributed by atoms with Crippen LogP contribution in [0.2, 0.25) is 5.02 Å². The number of aromatic nitrogens is 1. The molecule has 3 rings (SSSR count). The smallest absolute Gasteiger partial charge is 0.258 e. The van der Waals surface area contributed by atoms with Gasteiger partial charge in [-0.1, -0.05) is 41.6 Å². The van der Waals surface area contributed by atoms with E-state index in [1.165, 1.54) is 23.9 Å². The highest BCUT2D eigenvalue weighted by molar-refractivity contribution is 7.99. The molecule has 0 radical (unpaired) electrons. The average molecular weight is 373 g/mol. The van der Waals surface area contributed by atoms with E-state index in [1.807, 2.05) is 18.2 Å². The average Bonchev–Trinajstić information content (AvgIpc) is 2.60. The fourth-order valence-corrected chi connectivity index (χ4v) is 3.35. The Bertz CT molecular complexity index is 933. The van der Waals surface area contributed by atoms with Gasteiger partial charge in [-0.05, 0) is 48.9 Å². The first-order valence-electron chi connectivity index (χ1n) is 7.49. The first-order chi connectivity index (χ1) is 12.0. The fourth-order valence-electron chi connectivity index (χ4n) is 2.20. The minimum Gasteiger partial charge on any atom is -0.322 e. The number of aryl methyl sites for hydroxylation is 1. The quantitative estimate of drug-likeness (QED) is 0.649. The molecule has 3 aromatic rings. The molecule has 1 N–H and O–H groups in total. The highest BCUT2D eigenvalue weighted by Gasteiger charge is 2.15. The Hall–Kier alpha value is -2.37. The topological polar surface area (TPSA) is 42.0 Å². The van der Waals surface area contributed by atoms with Crippen LogP contribution >= 0.6 is 23.4 Å². The maximum Gasteiger partial charge on any atom is 0.258 e. The van der Waals surface area contributed by atoms with Crippen molar-refractivity contribution in [1.29, 1.82) is 0 Å². The lowest BCUT2D eigenvalue weighted by atomic mass is 10.2. The van der Waals surface area contributed by atoms with E-state index in [4.69, 9.17) is 11.6 Å². The molecule has 0 aliphatic carbocycles. The van der Waals surface area contributed by atoms with Crippen LogP contribution in [0.3, 0.4) is 0 Å². The van der Waals surface area contributed by atoms with E-state index in [0.29, 0.717) is 21.3 Å².